The van der Waals surface area contributed by atoms with Gasteiger partial charge in [-0.3, -0.25) is 0 Å². The monoisotopic (exact) mass is 337 g/mol. The first kappa shape index (κ1) is 14.6. The molecule has 1 unspecified atom stereocenters. The Hall–Kier alpha value is -0.830. The summed E-state index contributed by atoms with van der Waals surface area (Å²) in [5, 5.41) is 4.32. The van der Waals surface area contributed by atoms with Gasteiger partial charge in [0.15, 0.2) is 0 Å². The third-order valence-corrected chi connectivity index (χ3v) is 4.24. The van der Waals surface area contributed by atoms with E-state index in [-0.39, 0.29) is 6.04 Å². The Labute approximate surface area is 128 Å². The van der Waals surface area contributed by atoms with Crippen LogP contribution in [0.2, 0.25) is 5.02 Å². The molecular weight excluding hydrogens is 322 g/mol. The van der Waals surface area contributed by atoms with Gasteiger partial charge < -0.3 is 5.32 Å². The average molecular weight is 339 g/mol. The first-order chi connectivity index (χ1) is 9.22. The van der Waals surface area contributed by atoms with Crippen molar-refractivity contribution >= 4 is 27.5 Å². The normalized spacial score (nSPS) is 12.4. The van der Waals surface area contributed by atoms with Crippen LogP contribution < -0.4 is 5.32 Å². The van der Waals surface area contributed by atoms with Crippen LogP contribution in [0.3, 0.4) is 0 Å². The molecule has 2 rings (SSSR count). The van der Waals surface area contributed by atoms with Crippen LogP contribution in [0.5, 0.6) is 0 Å². The van der Waals surface area contributed by atoms with Crippen molar-refractivity contribution < 1.29 is 0 Å². The predicted octanol–water partition coefficient (Wildman–Crippen LogP) is 5.19. The maximum Gasteiger partial charge on any atom is 0.0577 e. The van der Waals surface area contributed by atoms with Crippen LogP contribution in [0.15, 0.2) is 53.0 Å². The van der Waals surface area contributed by atoms with Gasteiger partial charge in [-0.1, -0.05) is 54.9 Å². The van der Waals surface area contributed by atoms with Crippen LogP contribution in [-0.4, -0.2) is 6.54 Å². The van der Waals surface area contributed by atoms with Crippen molar-refractivity contribution in [3.8, 4) is 0 Å². The summed E-state index contributed by atoms with van der Waals surface area (Å²) in [5.74, 6) is 0. The lowest BCUT2D eigenvalue weighted by atomic mass is 9.98. The van der Waals surface area contributed by atoms with Crippen molar-refractivity contribution in [2.24, 2.45) is 0 Å². The zero-order valence-electron chi connectivity index (χ0n) is 10.9. The third kappa shape index (κ3) is 3.82. The summed E-state index contributed by atoms with van der Waals surface area (Å²) in [4.78, 5) is 0. The Morgan fingerprint density at radius 3 is 2.47 bits per heavy atom. The molecule has 0 aliphatic carbocycles. The minimum absolute atomic E-state index is 0.187. The lowest BCUT2D eigenvalue weighted by Crippen LogP contribution is -2.23. The van der Waals surface area contributed by atoms with Crippen molar-refractivity contribution in [1.29, 1.82) is 0 Å². The molecule has 3 heteroatoms. The molecule has 0 radical (unpaired) electrons. The number of halogens is 2. The molecular formula is C16H17BrClN. The second-order valence-electron chi connectivity index (χ2n) is 4.47. The standard InChI is InChI=1S/C16H17BrClN/c1-2-10-19-16(12-6-4-3-5-7-12)13-8-9-14(17)15(18)11-13/h3-9,11,16,19H,2,10H2,1H3. The SMILES string of the molecule is CCCNC(c1ccccc1)c1ccc(Br)c(Cl)c1. The molecule has 0 fully saturated rings. The minimum Gasteiger partial charge on any atom is -0.306 e. The van der Waals surface area contributed by atoms with E-state index in [1.165, 1.54) is 11.1 Å². The quantitative estimate of drug-likeness (QED) is 0.791. The van der Waals surface area contributed by atoms with Crippen LogP contribution in [0.4, 0.5) is 0 Å². The smallest absolute Gasteiger partial charge is 0.0577 e. The fourth-order valence-corrected chi connectivity index (χ4v) is 2.49. The highest BCUT2D eigenvalue weighted by Crippen LogP contribution is 2.29. The van der Waals surface area contributed by atoms with E-state index in [9.17, 15) is 0 Å². The lowest BCUT2D eigenvalue weighted by Gasteiger charge is -2.20. The molecule has 0 spiro atoms. The van der Waals surface area contributed by atoms with Crippen molar-refractivity contribution in [2.75, 3.05) is 6.54 Å². The van der Waals surface area contributed by atoms with Crippen molar-refractivity contribution in [3.63, 3.8) is 0 Å². The molecule has 0 bridgehead atoms. The molecule has 1 atom stereocenters. The van der Waals surface area contributed by atoms with Gasteiger partial charge in [-0.15, -0.1) is 0 Å². The molecule has 0 aliphatic heterocycles. The van der Waals surface area contributed by atoms with E-state index < -0.39 is 0 Å². The topological polar surface area (TPSA) is 12.0 Å². The average Bonchev–Trinajstić information content (AvgIpc) is 2.44. The van der Waals surface area contributed by atoms with Crippen LogP contribution >= 0.6 is 27.5 Å². The third-order valence-electron chi connectivity index (χ3n) is 3.01. The Morgan fingerprint density at radius 1 is 1.11 bits per heavy atom. The number of nitrogens with one attached hydrogen (secondary N) is 1. The Morgan fingerprint density at radius 2 is 1.84 bits per heavy atom. The maximum atomic E-state index is 6.20. The fraction of sp³-hybridized carbons (Fsp3) is 0.250. The van der Waals surface area contributed by atoms with Gasteiger partial charge in [0.05, 0.1) is 11.1 Å². The van der Waals surface area contributed by atoms with Gasteiger partial charge in [0.2, 0.25) is 0 Å². The molecule has 1 nitrogen and oxygen atoms in total. The van der Waals surface area contributed by atoms with Gasteiger partial charge in [-0.25, -0.2) is 0 Å². The van der Waals surface area contributed by atoms with Gasteiger partial charge in [0, 0.05) is 4.47 Å². The van der Waals surface area contributed by atoms with Gasteiger partial charge in [0.1, 0.15) is 0 Å². The molecule has 19 heavy (non-hydrogen) atoms. The summed E-state index contributed by atoms with van der Waals surface area (Å²) in [6.07, 6.45) is 1.10. The van der Waals surface area contributed by atoms with E-state index >= 15 is 0 Å². The first-order valence-corrected chi connectivity index (χ1v) is 7.62. The predicted molar refractivity (Wildman–Crippen MR) is 85.7 cm³/mol. The van der Waals surface area contributed by atoms with E-state index in [0.29, 0.717) is 0 Å². The zero-order valence-corrected chi connectivity index (χ0v) is 13.2. The summed E-state index contributed by atoms with van der Waals surface area (Å²) in [5.41, 5.74) is 2.45. The van der Waals surface area contributed by atoms with Crippen molar-refractivity contribution in [2.45, 2.75) is 19.4 Å². The number of hydrogen-bond acceptors (Lipinski definition) is 1. The van der Waals surface area contributed by atoms with Crippen LogP contribution in [0.25, 0.3) is 0 Å². The maximum absolute atomic E-state index is 6.20. The van der Waals surface area contributed by atoms with E-state index in [2.05, 4.69) is 58.5 Å². The largest absolute Gasteiger partial charge is 0.306 e. The Kier molecular flexibility index (Phi) is 5.44. The molecule has 0 amide bonds. The molecule has 2 aromatic carbocycles. The number of benzene rings is 2. The van der Waals surface area contributed by atoms with Gasteiger partial charge >= 0.3 is 0 Å². The molecule has 0 aromatic heterocycles. The fourth-order valence-electron chi connectivity index (χ4n) is 2.05. The molecule has 2 aromatic rings. The van der Waals surface area contributed by atoms with E-state index in [1.54, 1.807) is 0 Å². The van der Waals surface area contributed by atoms with E-state index in [1.807, 2.05) is 18.2 Å². The highest BCUT2D eigenvalue weighted by molar-refractivity contribution is 9.10. The highest BCUT2D eigenvalue weighted by Gasteiger charge is 2.13. The molecule has 0 saturated heterocycles. The lowest BCUT2D eigenvalue weighted by molar-refractivity contribution is 0.598. The molecule has 1 N–H and O–H groups in total. The summed E-state index contributed by atoms with van der Waals surface area (Å²) < 4.78 is 0.931. The summed E-state index contributed by atoms with van der Waals surface area (Å²) in [6, 6.07) is 16.8. The van der Waals surface area contributed by atoms with E-state index in [0.717, 1.165) is 22.5 Å². The second kappa shape index (κ2) is 7.09. The number of hydrogen-bond donors (Lipinski definition) is 1. The summed E-state index contributed by atoms with van der Waals surface area (Å²) in [6.45, 7) is 3.15. The van der Waals surface area contributed by atoms with Gasteiger partial charge in [0.25, 0.3) is 0 Å². The van der Waals surface area contributed by atoms with Crippen LogP contribution in [0, 0.1) is 0 Å². The van der Waals surface area contributed by atoms with Crippen molar-refractivity contribution in [3.05, 3.63) is 69.2 Å². The van der Waals surface area contributed by atoms with E-state index in [4.69, 9.17) is 11.6 Å². The van der Waals surface area contributed by atoms with Gasteiger partial charge in [-0.2, -0.15) is 0 Å². The Balaban J connectivity index is 2.34. The van der Waals surface area contributed by atoms with Crippen LogP contribution in [-0.2, 0) is 0 Å². The zero-order chi connectivity index (χ0) is 13.7. The Bertz CT molecular complexity index is 528. The molecule has 0 heterocycles. The number of rotatable bonds is 5. The highest BCUT2D eigenvalue weighted by atomic mass is 79.9. The summed E-state index contributed by atoms with van der Waals surface area (Å²) in [7, 11) is 0. The minimum atomic E-state index is 0.187. The van der Waals surface area contributed by atoms with Crippen molar-refractivity contribution in [1.82, 2.24) is 5.32 Å². The van der Waals surface area contributed by atoms with Gasteiger partial charge in [-0.05, 0) is 52.2 Å². The first-order valence-electron chi connectivity index (χ1n) is 6.45. The molecule has 0 aliphatic rings. The summed E-state index contributed by atoms with van der Waals surface area (Å²) >= 11 is 9.64. The second-order valence-corrected chi connectivity index (χ2v) is 5.73. The van der Waals surface area contributed by atoms with Crippen LogP contribution in [0.1, 0.15) is 30.5 Å². The molecule has 0 saturated carbocycles. The molecule has 100 valence electrons.